The van der Waals surface area contributed by atoms with Crippen molar-refractivity contribution in [3.8, 4) is 11.6 Å². The number of hydrogen-bond acceptors (Lipinski definition) is 4. The SMILES string of the molecule is O=C(Cn1nc(-c2ccco2)n(C2CC2)c1=O)Nc1ccccc1. The molecule has 0 atom stereocenters. The molecule has 1 aromatic carbocycles. The predicted octanol–water partition coefficient (Wildman–Crippen LogP) is 2.28. The molecule has 2 heterocycles. The molecule has 1 N–H and O–H groups in total. The van der Waals surface area contributed by atoms with Gasteiger partial charge in [0.1, 0.15) is 6.54 Å². The molecule has 1 aliphatic carbocycles. The highest BCUT2D eigenvalue weighted by Crippen LogP contribution is 2.36. The Hall–Kier alpha value is -3.09. The molecule has 1 saturated carbocycles. The third-order valence-electron chi connectivity index (χ3n) is 3.88. The van der Waals surface area contributed by atoms with Gasteiger partial charge < -0.3 is 9.73 Å². The van der Waals surface area contributed by atoms with Crippen LogP contribution in [-0.4, -0.2) is 20.3 Å². The van der Waals surface area contributed by atoms with Crippen LogP contribution in [0.3, 0.4) is 0 Å². The molecule has 7 heteroatoms. The van der Waals surface area contributed by atoms with Gasteiger partial charge in [-0.05, 0) is 37.1 Å². The van der Waals surface area contributed by atoms with Gasteiger partial charge in [-0.25, -0.2) is 9.48 Å². The third kappa shape index (κ3) is 2.76. The summed E-state index contributed by atoms with van der Waals surface area (Å²) in [5.41, 5.74) is 0.399. The van der Waals surface area contributed by atoms with Crippen molar-refractivity contribution in [2.75, 3.05) is 5.32 Å². The first-order valence-electron chi connectivity index (χ1n) is 7.80. The summed E-state index contributed by atoms with van der Waals surface area (Å²) in [6, 6.07) is 12.8. The van der Waals surface area contributed by atoms with Crippen LogP contribution in [0.1, 0.15) is 18.9 Å². The zero-order chi connectivity index (χ0) is 16.5. The van der Waals surface area contributed by atoms with Gasteiger partial charge in [-0.15, -0.1) is 5.10 Å². The Kier molecular flexibility index (Phi) is 3.53. The molecule has 24 heavy (non-hydrogen) atoms. The molecule has 0 saturated heterocycles. The summed E-state index contributed by atoms with van der Waals surface area (Å²) >= 11 is 0. The van der Waals surface area contributed by atoms with Crippen molar-refractivity contribution in [2.24, 2.45) is 0 Å². The number of amides is 1. The monoisotopic (exact) mass is 324 g/mol. The molecule has 0 bridgehead atoms. The van der Waals surface area contributed by atoms with Crippen molar-refractivity contribution in [3.63, 3.8) is 0 Å². The van der Waals surface area contributed by atoms with Crippen molar-refractivity contribution in [1.29, 1.82) is 0 Å². The van der Waals surface area contributed by atoms with Gasteiger partial charge in [-0.1, -0.05) is 18.2 Å². The van der Waals surface area contributed by atoms with E-state index in [0.717, 1.165) is 12.8 Å². The smallest absolute Gasteiger partial charge is 0.347 e. The molecule has 122 valence electrons. The van der Waals surface area contributed by atoms with Crippen LogP contribution < -0.4 is 11.0 Å². The summed E-state index contributed by atoms with van der Waals surface area (Å²) in [7, 11) is 0. The first-order valence-corrected chi connectivity index (χ1v) is 7.80. The largest absolute Gasteiger partial charge is 0.461 e. The fourth-order valence-electron chi connectivity index (χ4n) is 2.62. The lowest BCUT2D eigenvalue weighted by molar-refractivity contribution is -0.117. The van der Waals surface area contributed by atoms with Gasteiger partial charge in [-0.3, -0.25) is 9.36 Å². The fraction of sp³-hybridized carbons (Fsp3) is 0.235. The van der Waals surface area contributed by atoms with Gasteiger partial charge in [0.25, 0.3) is 0 Å². The van der Waals surface area contributed by atoms with Gasteiger partial charge in [0.05, 0.1) is 6.26 Å². The highest BCUT2D eigenvalue weighted by molar-refractivity contribution is 5.90. The van der Waals surface area contributed by atoms with E-state index in [0.29, 0.717) is 17.3 Å². The number of hydrogen-bond donors (Lipinski definition) is 1. The molecule has 1 amide bonds. The molecule has 2 aromatic heterocycles. The van der Waals surface area contributed by atoms with Crippen molar-refractivity contribution in [1.82, 2.24) is 14.3 Å². The topological polar surface area (TPSA) is 82.1 Å². The lowest BCUT2D eigenvalue weighted by Gasteiger charge is -2.04. The number of benzene rings is 1. The van der Waals surface area contributed by atoms with Gasteiger partial charge in [0.15, 0.2) is 5.76 Å². The minimum atomic E-state index is -0.297. The minimum Gasteiger partial charge on any atom is -0.461 e. The Morgan fingerprint density at radius 1 is 1.21 bits per heavy atom. The number of nitrogens with zero attached hydrogens (tertiary/aromatic N) is 3. The van der Waals surface area contributed by atoms with Crippen molar-refractivity contribution in [2.45, 2.75) is 25.4 Å². The van der Waals surface area contributed by atoms with E-state index in [2.05, 4.69) is 10.4 Å². The Morgan fingerprint density at radius 2 is 2.00 bits per heavy atom. The Morgan fingerprint density at radius 3 is 2.67 bits per heavy atom. The van der Waals surface area contributed by atoms with E-state index in [9.17, 15) is 9.59 Å². The predicted molar refractivity (Wildman–Crippen MR) is 87.5 cm³/mol. The molecule has 4 rings (SSSR count). The number of carbonyl (C=O) groups excluding carboxylic acids is 1. The first kappa shape index (κ1) is 14.5. The van der Waals surface area contributed by atoms with Crippen LogP contribution in [0.25, 0.3) is 11.6 Å². The van der Waals surface area contributed by atoms with Crippen LogP contribution in [-0.2, 0) is 11.3 Å². The summed E-state index contributed by atoms with van der Waals surface area (Å²) in [6.45, 7) is -0.138. The average molecular weight is 324 g/mol. The van der Waals surface area contributed by atoms with Crippen LogP contribution in [0.2, 0.25) is 0 Å². The van der Waals surface area contributed by atoms with Crippen LogP contribution in [0.5, 0.6) is 0 Å². The number of carbonyl (C=O) groups is 1. The van der Waals surface area contributed by atoms with Gasteiger partial charge in [-0.2, -0.15) is 0 Å². The third-order valence-corrected chi connectivity index (χ3v) is 3.88. The van der Waals surface area contributed by atoms with Gasteiger partial charge >= 0.3 is 5.69 Å². The van der Waals surface area contributed by atoms with E-state index in [1.807, 2.05) is 18.2 Å². The summed E-state index contributed by atoms with van der Waals surface area (Å²) in [5.74, 6) is 0.705. The molecule has 7 nitrogen and oxygen atoms in total. The molecule has 3 aromatic rings. The van der Waals surface area contributed by atoms with E-state index >= 15 is 0 Å². The quantitative estimate of drug-likeness (QED) is 0.780. The second kappa shape index (κ2) is 5.84. The summed E-state index contributed by atoms with van der Waals surface area (Å²) in [6.07, 6.45) is 3.42. The average Bonchev–Trinajstić information content (AvgIpc) is 3.16. The van der Waals surface area contributed by atoms with Crippen molar-refractivity contribution < 1.29 is 9.21 Å². The maximum absolute atomic E-state index is 12.6. The minimum absolute atomic E-state index is 0.138. The summed E-state index contributed by atoms with van der Waals surface area (Å²) < 4.78 is 8.18. The normalized spacial score (nSPS) is 13.8. The first-order chi connectivity index (χ1) is 11.7. The molecule has 1 fully saturated rings. The maximum atomic E-state index is 12.6. The zero-order valence-corrected chi connectivity index (χ0v) is 12.9. The summed E-state index contributed by atoms with van der Waals surface area (Å²) in [4.78, 5) is 24.8. The fourth-order valence-corrected chi connectivity index (χ4v) is 2.62. The van der Waals surface area contributed by atoms with E-state index in [1.54, 1.807) is 28.8 Å². The number of rotatable bonds is 5. The highest BCUT2D eigenvalue weighted by atomic mass is 16.3. The standard InChI is InChI=1S/C17H16N4O3/c22-15(18-12-5-2-1-3-6-12)11-20-17(23)21(13-8-9-13)16(19-20)14-7-4-10-24-14/h1-7,10,13H,8-9,11H2,(H,18,22). The molecule has 0 radical (unpaired) electrons. The lowest BCUT2D eigenvalue weighted by atomic mass is 10.3. The number of para-hydroxylation sites is 1. The Bertz CT molecular complexity index is 905. The van der Waals surface area contributed by atoms with Crippen LogP contribution in [0, 0.1) is 0 Å². The van der Waals surface area contributed by atoms with E-state index in [-0.39, 0.29) is 24.2 Å². The van der Waals surface area contributed by atoms with Crippen molar-refractivity contribution in [3.05, 3.63) is 59.2 Å². The molecule has 1 aliphatic rings. The van der Waals surface area contributed by atoms with E-state index < -0.39 is 0 Å². The molecule has 0 unspecified atom stereocenters. The number of nitrogens with one attached hydrogen (secondary N) is 1. The van der Waals surface area contributed by atoms with Gasteiger partial charge in [0, 0.05) is 11.7 Å². The lowest BCUT2D eigenvalue weighted by Crippen LogP contribution is -2.29. The second-order valence-corrected chi connectivity index (χ2v) is 5.76. The Balaban J connectivity index is 1.61. The number of anilines is 1. The van der Waals surface area contributed by atoms with Crippen molar-refractivity contribution >= 4 is 11.6 Å². The summed E-state index contributed by atoms with van der Waals surface area (Å²) in [5, 5.41) is 7.06. The van der Waals surface area contributed by atoms with Crippen LogP contribution >= 0.6 is 0 Å². The van der Waals surface area contributed by atoms with Crippen LogP contribution in [0.15, 0.2) is 57.9 Å². The Labute approximate surface area is 137 Å². The molecular formula is C17H16N4O3. The number of furan rings is 1. The number of aromatic nitrogens is 3. The molecule has 0 aliphatic heterocycles. The van der Waals surface area contributed by atoms with E-state index in [4.69, 9.17) is 4.42 Å². The second-order valence-electron chi connectivity index (χ2n) is 5.76. The van der Waals surface area contributed by atoms with E-state index in [1.165, 1.54) is 10.9 Å². The zero-order valence-electron chi connectivity index (χ0n) is 12.9. The molecule has 0 spiro atoms. The highest BCUT2D eigenvalue weighted by Gasteiger charge is 2.31. The van der Waals surface area contributed by atoms with Crippen LogP contribution in [0.4, 0.5) is 5.69 Å². The molecular weight excluding hydrogens is 308 g/mol. The van der Waals surface area contributed by atoms with Gasteiger partial charge in [0.2, 0.25) is 11.7 Å². The maximum Gasteiger partial charge on any atom is 0.347 e.